The van der Waals surface area contributed by atoms with Crippen LogP contribution in [-0.4, -0.2) is 72.9 Å². The maximum atomic E-state index is 12.3. The summed E-state index contributed by atoms with van der Waals surface area (Å²) in [4.78, 5) is 29.2. The fraction of sp³-hybridized carbons (Fsp3) is 0.389. The van der Waals surface area contributed by atoms with Gasteiger partial charge >= 0.3 is 0 Å². The first-order valence-electron chi connectivity index (χ1n) is 11.5. The molecule has 4 heterocycles. The lowest BCUT2D eigenvalue weighted by molar-refractivity contribution is -0.137. The monoisotopic (exact) mass is 405 g/mol. The molecule has 0 radical (unpaired) electrons. The topological polar surface area (TPSA) is 147 Å². The third-order valence-corrected chi connectivity index (χ3v) is 4.57. The zero-order valence-electron chi connectivity index (χ0n) is 21.1. The number of anilines is 1. The number of hydrogen-bond acceptors (Lipinski definition) is 9. The van der Waals surface area contributed by atoms with Crippen molar-refractivity contribution in [3.63, 3.8) is 0 Å². The van der Waals surface area contributed by atoms with E-state index < -0.39 is 44.4 Å². The first-order valence-corrected chi connectivity index (χ1v) is 8.52. The van der Waals surface area contributed by atoms with E-state index in [1.54, 1.807) is 24.5 Å². The minimum absolute atomic E-state index is 0.0196. The maximum absolute atomic E-state index is 12.3. The fourth-order valence-electron chi connectivity index (χ4n) is 3.17. The van der Waals surface area contributed by atoms with Crippen molar-refractivity contribution in [1.82, 2.24) is 29.8 Å². The highest BCUT2D eigenvalue weighted by Crippen LogP contribution is 2.33. The summed E-state index contributed by atoms with van der Waals surface area (Å²) >= 11 is 0. The van der Waals surface area contributed by atoms with Crippen LogP contribution in [0.2, 0.25) is 0 Å². The van der Waals surface area contributed by atoms with E-state index in [1.807, 2.05) is 0 Å². The highest BCUT2D eigenvalue weighted by molar-refractivity contribution is 5.85. The van der Waals surface area contributed by atoms with Crippen molar-refractivity contribution in [2.24, 2.45) is 0 Å². The van der Waals surface area contributed by atoms with Gasteiger partial charge in [0.05, 0.1) is 6.33 Å². The van der Waals surface area contributed by atoms with Gasteiger partial charge in [-0.25, -0.2) is 15.0 Å². The molecule has 0 unspecified atom stereocenters. The number of imidazole rings is 1. The third-order valence-electron chi connectivity index (χ3n) is 4.57. The Hall–Kier alpha value is -3.15. The molecule has 1 aliphatic heterocycles. The molecule has 1 amide bonds. The molecule has 4 rings (SSSR count). The van der Waals surface area contributed by atoms with Gasteiger partial charge in [-0.15, -0.1) is 0 Å². The van der Waals surface area contributed by atoms with Gasteiger partial charge in [0.2, 0.25) is 0 Å². The molecule has 1 saturated heterocycles. The van der Waals surface area contributed by atoms with Crippen LogP contribution >= 0.6 is 0 Å². The van der Waals surface area contributed by atoms with E-state index in [0.717, 1.165) is 5.56 Å². The van der Waals surface area contributed by atoms with Crippen molar-refractivity contribution >= 4 is 22.9 Å². The Morgan fingerprint density at radius 3 is 2.90 bits per heavy atom. The summed E-state index contributed by atoms with van der Waals surface area (Å²) < 4.78 is 50.9. The molecular formula is C18H21N7O4. The zero-order chi connectivity index (χ0) is 25.7. The number of rotatable bonds is 4. The Balaban J connectivity index is 1.79. The molecule has 11 heteroatoms. The van der Waals surface area contributed by atoms with Crippen LogP contribution < -0.4 is 10.6 Å². The molecular weight excluding hydrogens is 378 g/mol. The number of aliphatic hydroxyl groups is 2. The highest BCUT2D eigenvalue weighted by Gasteiger charge is 2.47. The molecule has 0 spiro atoms. The third kappa shape index (κ3) is 3.18. The van der Waals surface area contributed by atoms with E-state index in [0.29, 0.717) is 5.56 Å². The molecule has 1 aliphatic rings. The van der Waals surface area contributed by atoms with Crippen molar-refractivity contribution in [2.45, 2.75) is 31.5 Å². The average Bonchev–Trinajstić information content (AvgIpc) is 3.27. The second-order valence-corrected chi connectivity index (χ2v) is 6.51. The van der Waals surface area contributed by atoms with Crippen LogP contribution in [0.1, 0.15) is 20.0 Å². The smallest absolute Gasteiger partial charge is 0.251 e. The van der Waals surface area contributed by atoms with Crippen LogP contribution in [0.5, 0.6) is 0 Å². The Morgan fingerprint density at radius 2 is 2.14 bits per heavy atom. The predicted molar refractivity (Wildman–Crippen MR) is 103 cm³/mol. The number of pyridine rings is 1. The van der Waals surface area contributed by atoms with Gasteiger partial charge < -0.3 is 25.6 Å². The number of aliphatic hydroxyl groups excluding tert-OH is 2. The lowest BCUT2D eigenvalue weighted by atomic mass is 10.1. The fourth-order valence-corrected chi connectivity index (χ4v) is 3.17. The average molecular weight is 405 g/mol. The molecule has 1 fully saturated rings. The van der Waals surface area contributed by atoms with Crippen LogP contribution in [-0.2, 0) is 9.53 Å². The van der Waals surface area contributed by atoms with E-state index in [4.69, 9.17) is 13.0 Å². The Morgan fingerprint density at radius 1 is 1.28 bits per heavy atom. The molecule has 0 bridgehead atoms. The number of carbonyl (C=O) groups excluding carboxylic acids is 1. The summed E-state index contributed by atoms with van der Waals surface area (Å²) in [5, 5.41) is 25.0. The number of nitrogens with zero attached hydrogens (tertiary/aromatic N) is 5. The van der Waals surface area contributed by atoms with Gasteiger partial charge in [0.25, 0.3) is 5.91 Å². The van der Waals surface area contributed by atoms with Gasteiger partial charge in [-0.3, -0.25) is 14.3 Å². The SMILES string of the molecule is [2H]C([2H])([2H])NC(=O)[C@H]1O[C@@H](n2cnc3c(NC([2H])([2H])[2H])nc(-c4cncc(C)c4)nc32)[C@H](O)[C@@H]1O. The summed E-state index contributed by atoms with van der Waals surface area (Å²) in [5.74, 6) is -1.18. The van der Waals surface area contributed by atoms with Crippen LogP contribution in [0.25, 0.3) is 22.6 Å². The minimum Gasteiger partial charge on any atom is -0.387 e. The highest BCUT2D eigenvalue weighted by atomic mass is 16.6. The number of fused-ring (bicyclic) bond motifs is 1. The molecule has 0 saturated carbocycles. The minimum atomic E-state index is -2.83. The maximum Gasteiger partial charge on any atom is 0.251 e. The number of aryl methyl sites for hydroxylation is 1. The van der Waals surface area contributed by atoms with Gasteiger partial charge in [-0.1, -0.05) is 0 Å². The number of hydrogen-bond donors (Lipinski definition) is 4. The van der Waals surface area contributed by atoms with E-state index in [-0.39, 0.29) is 22.8 Å². The molecule has 4 N–H and O–H groups in total. The van der Waals surface area contributed by atoms with Crippen molar-refractivity contribution in [3.8, 4) is 11.4 Å². The molecule has 11 nitrogen and oxygen atoms in total. The Kier molecular flexibility index (Phi) is 3.33. The predicted octanol–water partition coefficient (Wildman–Crippen LogP) is -0.396. The summed E-state index contributed by atoms with van der Waals surface area (Å²) in [5.41, 5.74) is 1.31. The van der Waals surface area contributed by atoms with E-state index >= 15 is 0 Å². The Labute approximate surface area is 174 Å². The molecule has 0 aromatic carbocycles. The lowest BCUT2D eigenvalue weighted by Gasteiger charge is -2.17. The van der Waals surface area contributed by atoms with Crippen LogP contribution in [0.4, 0.5) is 5.82 Å². The normalized spacial score (nSPS) is 28.0. The molecule has 4 atom stereocenters. The standard InChI is InChI=1S/C18H21N7O4/c1-8-4-9(6-21-5-8)14-23-15(19-2)10-16(24-14)25(7-22-10)18-12(27)11(26)13(29-18)17(28)20-3/h4-7,11-13,18,26-27H,1-3H3,(H,20,28)(H,19,23,24)/t11-,12+,13-,18+/m0/s1/i2D3,3D3. The lowest BCUT2D eigenvalue weighted by Crippen LogP contribution is -2.41. The van der Waals surface area contributed by atoms with Crippen LogP contribution in [0, 0.1) is 6.92 Å². The van der Waals surface area contributed by atoms with Gasteiger partial charge in [-0.2, -0.15) is 0 Å². The second-order valence-electron chi connectivity index (χ2n) is 6.51. The van der Waals surface area contributed by atoms with Crippen molar-refractivity contribution in [1.29, 1.82) is 0 Å². The van der Waals surface area contributed by atoms with Crippen LogP contribution in [0.3, 0.4) is 0 Å². The number of amides is 1. The first kappa shape index (κ1) is 13.1. The van der Waals surface area contributed by atoms with E-state index in [1.165, 1.54) is 17.1 Å². The number of carbonyl (C=O) groups is 1. The zero-order valence-corrected chi connectivity index (χ0v) is 15.1. The summed E-state index contributed by atoms with van der Waals surface area (Å²) in [7, 11) is 0. The number of likely N-dealkylation sites (N-methyl/N-ethyl adjacent to an activating group) is 1. The van der Waals surface area contributed by atoms with Crippen molar-refractivity contribution in [3.05, 3.63) is 30.4 Å². The molecule has 29 heavy (non-hydrogen) atoms. The Bertz CT molecular complexity index is 1260. The van der Waals surface area contributed by atoms with Crippen molar-refractivity contribution in [2.75, 3.05) is 19.3 Å². The van der Waals surface area contributed by atoms with E-state index in [2.05, 4.69) is 25.3 Å². The molecule has 3 aromatic rings. The van der Waals surface area contributed by atoms with Crippen molar-refractivity contribution < 1.29 is 28.0 Å². The summed E-state index contributed by atoms with van der Waals surface area (Å²) in [6.45, 7) is -3.65. The largest absolute Gasteiger partial charge is 0.387 e. The van der Waals surface area contributed by atoms with Gasteiger partial charge in [-0.05, 0) is 18.6 Å². The molecule has 0 aliphatic carbocycles. The van der Waals surface area contributed by atoms with Gasteiger partial charge in [0, 0.05) is 40.1 Å². The second kappa shape index (κ2) is 7.35. The molecule has 3 aromatic heterocycles. The number of aromatic nitrogens is 5. The van der Waals surface area contributed by atoms with Crippen LogP contribution in [0.15, 0.2) is 24.8 Å². The molecule has 152 valence electrons. The summed E-state index contributed by atoms with van der Waals surface area (Å²) in [6.07, 6.45) is -2.26. The quantitative estimate of drug-likeness (QED) is 0.455. The summed E-state index contributed by atoms with van der Waals surface area (Å²) in [6, 6.07) is 1.73. The number of nitrogens with one attached hydrogen (secondary N) is 2. The van der Waals surface area contributed by atoms with Gasteiger partial charge in [0.1, 0.15) is 12.2 Å². The number of ether oxygens (including phenoxy) is 1. The first-order chi connectivity index (χ1) is 16.2. The van der Waals surface area contributed by atoms with E-state index in [9.17, 15) is 15.0 Å². The van der Waals surface area contributed by atoms with Gasteiger partial charge in [0.15, 0.2) is 35.1 Å².